The number of thioether (sulfide) groups is 1. The van der Waals surface area contributed by atoms with Crippen molar-refractivity contribution in [2.75, 3.05) is 11.6 Å². The van der Waals surface area contributed by atoms with Crippen LogP contribution in [0, 0.1) is 0 Å². The van der Waals surface area contributed by atoms with Gasteiger partial charge in [0.15, 0.2) is 0 Å². The summed E-state index contributed by atoms with van der Waals surface area (Å²) >= 11 is 1.68. The van der Waals surface area contributed by atoms with Crippen LogP contribution in [-0.2, 0) is 4.79 Å². The lowest BCUT2D eigenvalue weighted by molar-refractivity contribution is -0.111. The van der Waals surface area contributed by atoms with Crippen molar-refractivity contribution in [2.24, 2.45) is 0 Å². The SMILES string of the molecule is CSc1ccc(NC(=O)/C=C\c2ccccc2)cc1. The molecular formula is C16H15NOS. The Labute approximate surface area is 117 Å². The smallest absolute Gasteiger partial charge is 0.248 e. The number of hydrogen-bond donors (Lipinski definition) is 1. The highest BCUT2D eigenvalue weighted by molar-refractivity contribution is 7.98. The van der Waals surface area contributed by atoms with E-state index < -0.39 is 0 Å². The summed E-state index contributed by atoms with van der Waals surface area (Å²) in [6, 6.07) is 17.5. The topological polar surface area (TPSA) is 29.1 Å². The summed E-state index contributed by atoms with van der Waals surface area (Å²) in [4.78, 5) is 12.9. The molecule has 1 N–H and O–H groups in total. The number of amides is 1. The van der Waals surface area contributed by atoms with Gasteiger partial charge >= 0.3 is 0 Å². The monoisotopic (exact) mass is 269 g/mol. The molecular weight excluding hydrogens is 254 g/mol. The lowest BCUT2D eigenvalue weighted by atomic mass is 10.2. The van der Waals surface area contributed by atoms with E-state index in [-0.39, 0.29) is 5.91 Å². The van der Waals surface area contributed by atoms with Crippen molar-refractivity contribution in [1.82, 2.24) is 0 Å². The Morgan fingerprint density at radius 2 is 1.74 bits per heavy atom. The normalized spacial score (nSPS) is 10.6. The maximum absolute atomic E-state index is 11.7. The van der Waals surface area contributed by atoms with Crippen LogP contribution in [0.5, 0.6) is 0 Å². The van der Waals surface area contributed by atoms with Gasteiger partial charge in [-0.25, -0.2) is 0 Å². The highest BCUT2D eigenvalue weighted by atomic mass is 32.2. The van der Waals surface area contributed by atoms with Gasteiger partial charge in [0.05, 0.1) is 0 Å². The van der Waals surface area contributed by atoms with Crippen molar-refractivity contribution in [3.63, 3.8) is 0 Å². The van der Waals surface area contributed by atoms with Gasteiger partial charge in [-0.15, -0.1) is 11.8 Å². The molecule has 0 saturated carbocycles. The molecule has 3 heteroatoms. The zero-order valence-corrected chi connectivity index (χ0v) is 11.5. The predicted molar refractivity (Wildman–Crippen MR) is 82.3 cm³/mol. The third kappa shape index (κ3) is 4.30. The van der Waals surface area contributed by atoms with Crippen molar-refractivity contribution < 1.29 is 4.79 Å². The zero-order chi connectivity index (χ0) is 13.5. The molecule has 0 unspecified atom stereocenters. The molecule has 0 bridgehead atoms. The molecule has 96 valence electrons. The highest BCUT2D eigenvalue weighted by Gasteiger charge is 1.97. The molecule has 2 nitrogen and oxygen atoms in total. The Hall–Kier alpha value is -2.00. The number of carbonyl (C=O) groups is 1. The number of benzene rings is 2. The predicted octanol–water partition coefficient (Wildman–Crippen LogP) is 4.06. The molecule has 0 spiro atoms. The Morgan fingerprint density at radius 3 is 2.37 bits per heavy atom. The maximum Gasteiger partial charge on any atom is 0.248 e. The van der Waals surface area contributed by atoms with E-state index in [9.17, 15) is 4.79 Å². The van der Waals surface area contributed by atoms with E-state index in [0.29, 0.717) is 0 Å². The molecule has 0 aromatic heterocycles. The lowest BCUT2D eigenvalue weighted by Gasteiger charge is -2.02. The third-order valence-corrected chi connectivity index (χ3v) is 3.33. The average molecular weight is 269 g/mol. The van der Waals surface area contributed by atoms with Crippen LogP contribution in [0.2, 0.25) is 0 Å². The van der Waals surface area contributed by atoms with Crippen LogP contribution in [0.15, 0.2) is 65.6 Å². The molecule has 2 aromatic rings. The van der Waals surface area contributed by atoms with Crippen LogP contribution in [0.3, 0.4) is 0 Å². The van der Waals surface area contributed by atoms with Gasteiger partial charge in [-0.2, -0.15) is 0 Å². The Kier molecular flexibility index (Phi) is 4.81. The van der Waals surface area contributed by atoms with Crippen LogP contribution in [0.4, 0.5) is 5.69 Å². The van der Waals surface area contributed by atoms with Crippen molar-refractivity contribution >= 4 is 29.4 Å². The molecule has 0 aliphatic rings. The van der Waals surface area contributed by atoms with E-state index in [1.54, 1.807) is 17.8 Å². The standard InChI is InChI=1S/C16H15NOS/c1-19-15-10-8-14(9-11-15)17-16(18)12-7-13-5-3-2-4-6-13/h2-12H,1H3,(H,17,18)/b12-7-. The minimum Gasteiger partial charge on any atom is -0.323 e. The molecule has 0 atom stereocenters. The first-order chi connectivity index (χ1) is 9.28. The van der Waals surface area contributed by atoms with Gasteiger partial charge in [0, 0.05) is 16.7 Å². The summed E-state index contributed by atoms with van der Waals surface area (Å²) in [6.45, 7) is 0. The average Bonchev–Trinajstić information content (AvgIpc) is 2.47. The number of carbonyl (C=O) groups excluding carboxylic acids is 1. The lowest BCUT2D eigenvalue weighted by Crippen LogP contribution is -2.07. The van der Waals surface area contributed by atoms with E-state index in [4.69, 9.17) is 0 Å². The summed E-state index contributed by atoms with van der Waals surface area (Å²) in [7, 11) is 0. The van der Waals surface area contributed by atoms with Crippen LogP contribution in [0.25, 0.3) is 6.08 Å². The second-order valence-corrected chi connectivity index (χ2v) is 4.84. The first kappa shape index (κ1) is 13.4. The Balaban J connectivity index is 1.95. The van der Waals surface area contributed by atoms with Crippen molar-refractivity contribution in [1.29, 1.82) is 0 Å². The fraction of sp³-hybridized carbons (Fsp3) is 0.0625. The van der Waals surface area contributed by atoms with Crippen molar-refractivity contribution in [3.05, 3.63) is 66.2 Å². The molecule has 0 aliphatic carbocycles. The van der Waals surface area contributed by atoms with Gasteiger partial charge in [-0.05, 0) is 42.2 Å². The molecule has 2 rings (SSSR count). The molecule has 2 aromatic carbocycles. The van der Waals surface area contributed by atoms with E-state index in [2.05, 4.69) is 5.32 Å². The Bertz CT molecular complexity index is 561. The molecule has 19 heavy (non-hydrogen) atoms. The number of hydrogen-bond acceptors (Lipinski definition) is 2. The van der Waals surface area contributed by atoms with Gasteiger partial charge in [-0.1, -0.05) is 30.3 Å². The zero-order valence-electron chi connectivity index (χ0n) is 10.7. The van der Waals surface area contributed by atoms with Crippen molar-refractivity contribution in [3.8, 4) is 0 Å². The molecule has 1 amide bonds. The second kappa shape index (κ2) is 6.81. The number of anilines is 1. The quantitative estimate of drug-likeness (QED) is 0.670. The van der Waals surface area contributed by atoms with Gasteiger partial charge in [0.1, 0.15) is 0 Å². The van der Waals surface area contributed by atoms with Gasteiger partial charge in [-0.3, -0.25) is 4.79 Å². The van der Waals surface area contributed by atoms with Crippen LogP contribution >= 0.6 is 11.8 Å². The fourth-order valence-electron chi connectivity index (χ4n) is 1.59. The number of nitrogens with one attached hydrogen (secondary N) is 1. The van der Waals surface area contributed by atoms with E-state index >= 15 is 0 Å². The van der Waals surface area contributed by atoms with Crippen LogP contribution < -0.4 is 5.32 Å². The largest absolute Gasteiger partial charge is 0.323 e. The Morgan fingerprint density at radius 1 is 1.05 bits per heavy atom. The van der Waals surface area contributed by atoms with E-state index in [1.165, 1.54) is 11.0 Å². The summed E-state index contributed by atoms with van der Waals surface area (Å²) in [6.07, 6.45) is 5.36. The number of rotatable bonds is 4. The van der Waals surface area contributed by atoms with Crippen LogP contribution in [-0.4, -0.2) is 12.2 Å². The van der Waals surface area contributed by atoms with Gasteiger partial charge in [0.2, 0.25) is 5.91 Å². The molecule has 0 heterocycles. The fourth-order valence-corrected chi connectivity index (χ4v) is 2.00. The third-order valence-electron chi connectivity index (χ3n) is 2.58. The molecule has 0 saturated heterocycles. The van der Waals surface area contributed by atoms with Gasteiger partial charge in [0.25, 0.3) is 0 Å². The highest BCUT2D eigenvalue weighted by Crippen LogP contribution is 2.17. The van der Waals surface area contributed by atoms with E-state index in [0.717, 1.165) is 11.3 Å². The summed E-state index contributed by atoms with van der Waals surface area (Å²) < 4.78 is 0. The minimum atomic E-state index is -0.124. The summed E-state index contributed by atoms with van der Waals surface area (Å²) in [5, 5.41) is 2.83. The minimum absolute atomic E-state index is 0.124. The van der Waals surface area contributed by atoms with Crippen molar-refractivity contribution in [2.45, 2.75) is 4.90 Å². The van der Waals surface area contributed by atoms with Gasteiger partial charge < -0.3 is 5.32 Å². The summed E-state index contributed by atoms with van der Waals surface area (Å²) in [5.74, 6) is -0.124. The molecule has 0 aliphatic heterocycles. The van der Waals surface area contributed by atoms with Crippen LogP contribution in [0.1, 0.15) is 5.56 Å². The molecule has 0 radical (unpaired) electrons. The first-order valence-electron chi connectivity index (χ1n) is 5.96. The summed E-state index contributed by atoms with van der Waals surface area (Å²) in [5.41, 5.74) is 1.82. The molecule has 0 fully saturated rings. The maximum atomic E-state index is 11.7. The second-order valence-electron chi connectivity index (χ2n) is 3.96. The van der Waals surface area contributed by atoms with E-state index in [1.807, 2.05) is 60.9 Å². The first-order valence-corrected chi connectivity index (χ1v) is 7.18.